The van der Waals surface area contributed by atoms with Crippen LogP contribution in [0.25, 0.3) is 0 Å². The van der Waals surface area contributed by atoms with E-state index in [1.165, 1.54) is 19.3 Å². The van der Waals surface area contributed by atoms with Crippen LogP contribution in [0, 0.1) is 29.6 Å². The predicted molar refractivity (Wildman–Crippen MR) is 44.7 cm³/mol. The average molecular weight is 183 g/mol. The van der Waals surface area contributed by atoms with Gasteiger partial charge in [0.25, 0.3) is 5.12 Å². The number of nitrogens with zero attached hydrogens (tertiary/aromatic N) is 2. The van der Waals surface area contributed by atoms with E-state index in [2.05, 4.69) is 10.2 Å². The van der Waals surface area contributed by atoms with Gasteiger partial charge in [-0.3, -0.25) is 0 Å². The summed E-state index contributed by atoms with van der Waals surface area (Å²) in [5, 5.41) is 7.51. The third-order valence-corrected chi connectivity index (χ3v) is 4.85. The Kier molecular flexibility index (Phi) is 0.842. The van der Waals surface area contributed by atoms with Crippen molar-refractivity contribution < 1.29 is 0 Å². The molecular formula is C9H11ClN2. The highest BCUT2D eigenvalue weighted by molar-refractivity contribution is 6.25. The molecule has 0 radical (unpaired) electrons. The lowest BCUT2D eigenvalue weighted by atomic mass is 10.0. The molecule has 0 aromatic rings. The highest BCUT2D eigenvalue weighted by atomic mass is 35.5. The highest BCUT2D eigenvalue weighted by Gasteiger charge is 2.74. The first-order valence-corrected chi connectivity index (χ1v) is 5.30. The second-order valence-corrected chi connectivity index (χ2v) is 5.41. The van der Waals surface area contributed by atoms with Crippen LogP contribution in [0.3, 0.4) is 0 Å². The van der Waals surface area contributed by atoms with Gasteiger partial charge in [0.2, 0.25) is 0 Å². The van der Waals surface area contributed by atoms with E-state index in [-0.39, 0.29) is 0 Å². The lowest BCUT2D eigenvalue weighted by molar-refractivity contribution is 0.436. The number of fused-ring (bicyclic) bond motifs is 5. The van der Waals surface area contributed by atoms with Crippen LogP contribution in [0.1, 0.15) is 19.3 Å². The minimum atomic E-state index is -0.420. The van der Waals surface area contributed by atoms with Gasteiger partial charge < -0.3 is 0 Å². The standard InChI is InChI=1S/C9H11ClN2/c10-9(11-12-9)8-6-4-1-2-5(3-4)7(6)8/h4-8H,1-3H2/t4-,5+,6+,7-,8?. The Balaban J connectivity index is 1.66. The van der Waals surface area contributed by atoms with Gasteiger partial charge in [0.05, 0.1) is 0 Å². The molecule has 3 heteroatoms. The monoisotopic (exact) mass is 182 g/mol. The number of halogens is 1. The minimum absolute atomic E-state index is 0.420. The Morgan fingerprint density at radius 2 is 1.67 bits per heavy atom. The summed E-state index contributed by atoms with van der Waals surface area (Å²) < 4.78 is 0. The van der Waals surface area contributed by atoms with Gasteiger partial charge in [-0.15, -0.1) is 10.2 Å². The summed E-state index contributed by atoms with van der Waals surface area (Å²) in [4.78, 5) is 0. The number of hydrogen-bond donors (Lipinski definition) is 0. The molecule has 12 heavy (non-hydrogen) atoms. The topological polar surface area (TPSA) is 24.7 Å². The molecule has 3 saturated carbocycles. The van der Waals surface area contributed by atoms with E-state index < -0.39 is 5.12 Å². The maximum atomic E-state index is 6.17. The Hall–Kier alpha value is -0.110. The van der Waals surface area contributed by atoms with Gasteiger partial charge in [0.1, 0.15) is 0 Å². The van der Waals surface area contributed by atoms with Crippen molar-refractivity contribution in [1.29, 1.82) is 0 Å². The van der Waals surface area contributed by atoms with Crippen LogP contribution in [-0.2, 0) is 0 Å². The summed E-state index contributed by atoms with van der Waals surface area (Å²) in [6.45, 7) is 0. The molecule has 0 spiro atoms. The highest BCUT2D eigenvalue weighted by Crippen LogP contribution is 2.75. The van der Waals surface area contributed by atoms with Gasteiger partial charge in [0, 0.05) is 5.92 Å². The summed E-state index contributed by atoms with van der Waals surface area (Å²) in [7, 11) is 0. The normalized spacial score (nSPS) is 61.9. The van der Waals surface area contributed by atoms with Crippen molar-refractivity contribution in [2.45, 2.75) is 24.4 Å². The summed E-state index contributed by atoms with van der Waals surface area (Å²) in [5.41, 5.74) is 0. The Morgan fingerprint density at radius 1 is 1.08 bits per heavy atom. The van der Waals surface area contributed by atoms with Crippen molar-refractivity contribution in [3.8, 4) is 0 Å². The molecule has 3 fully saturated rings. The molecule has 5 atom stereocenters. The van der Waals surface area contributed by atoms with Gasteiger partial charge in [-0.05, 0) is 42.9 Å². The van der Waals surface area contributed by atoms with Crippen LogP contribution in [0.5, 0.6) is 0 Å². The maximum absolute atomic E-state index is 6.17. The number of hydrogen-bond acceptors (Lipinski definition) is 2. The first kappa shape index (κ1) is 6.36. The fourth-order valence-electron chi connectivity index (χ4n) is 4.00. The zero-order valence-electron chi connectivity index (χ0n) is 6.78. The van der Waals surface area contributed by atoms with Crippen LogP contribution in [-0.4, -0.2) is 5.12 Å². The molecule has 0 aromatic heterocycles. The van der Waals surface area contributed by atoms with E-state index in [1.807, 2.05) is 0 Å². The molecule has 4 rings (SSSR count). The summed E-state index contributed by atoms with van der Waals surface area (Å²) in [6.07, 6.45) is 4.39. The second kappa shape index (κ2) is 1.59. The first-order valence-electron chi connectivity index (χ1n) is 4.92. The van der Waals surface area contributed by atoms with Gasteiger partial charge >= 0.3 is 0 Å². The van der Waals surface area contributed by atoms with Crippen LogP contribution in [0.4, 0.5) is 0 Å². The van der Waals surface area contributed by atoms with Crippen LogP contribution < -0.4 is 0 Å². The second-order valence-electron chi connectivity index (χ2n) is 4.85. The molecule has 0 saturated heterocycles. The molecule has 64 valence electrons. The smallest absolute Gasteiger partial charge is 0.140 e. The molecule has 2 bridgehead atoms. The molecular weight excluding hydrogens is 172 g/mol. The summed E-state index contributed by atoms with van der Waals surface area (Å²) in [5.74, 6) is 4.45. The minimum Gasteiger partial charge on any atom is -0.140 e. The van der Waals surface area contributed by atoms with E-state index in [1.54, 1.807) is 0 Å². The third kappa shape index (κ3) is 0.544. The van der Waals surface area contributed by atoms with Crippen LogP contribution >= 0.6 is 11.6 Å². The molecule has 0 amide bonds. The van der Waals surface area contributed by atoms with E-state index in [4.69, 9.17) is 11.6 Å². The van der Waals surface area contributed by atoms with Crippen molar-refractivity contribution in [1.82, 2.24) is 0 Å². The van der Waals surface area contributed by atoms with Gasteiger partial charge in [-0.2, -0.15) is 0 Å². The molecule has 1 heterocycles. The number of alkyl halides is 1. The van der Waals surface area contributed by atoms with E-state index in [9.17, 15) is 0 Å². The Bertz CT molecular complexity index is 266. The van der Waals surface area contributed by atoms with Crippen molar-refractivity contribution in [3.63, 3.8) is 0 Å². The van der Waals surface area contributed by atoms with Gasteiger partial charge in [-0.1, -0.05) is 11.6 Å². The molecule has 1 aliphatic heterocycles. The van der Waals surface area contributed by atoms with Crippen LogP contribution in [0.15, 0.2) is 10.2 Å². The summed E-state index contributed by atoms with van der Waals surface area (Å²) >= 11 is 6.17. The zero-order chi connectivity index (χ0) is 7.92. The lowest BCUT2D eigenvalue weighted by Gasteiger charge is -2.08. The van der Waals surface area contributed by atoms with E-state index >= 15 is 0 Å². The van der Waals surface area contributed by atoms with Crippen molar-refractivity contribution in [2.75, 3.05) is 0 Å². The fraction of sp³-hybridized carbons (Fsp3) is 1.00. The van der Waals surface area contributed by atoms with E-state index in [0.717, 1.165) is 23.7 Å². The molecule has 2 nitrogen and oxygen atoms in total. The predicted octanol–water partition coefficient (Wildman–Crippen LogP) is 2.64. The fourth-order valence-corrected chi connectivity index (χ4v) is 4.33. The first-order chi connectivity index (χ1) is 5.80. The average Bonchev–Trinajstić information content (AvgIpc) is 2.91. The summed E-state index contributed by atoms with van der Waals surface area (Å²) in [6, 6.07) is 0. The molecule has 0 aromatic carbocycles. The lowest BCUT2D eigenvalue weighted by Crippen LogP contribution is -2.11. The van der Waals surface area contributed by atoms with Gasteiger partial charge in [0.15, 0.2) is 0 Å². The van der Waals surface area contributed by atoms with Crippen molar-refractivity contribution >= 4 is 11.6 Å². The molecule has 3 aliphatic carbocycles. The van der Waals surface area contributed by atoms with Crippen molar-refractivity contribution in [3.05, 3.63) is 0 Å². The molecule has 4 aliphatic rings. The van der Waals surface area contributed by atoms with E-state index in [0.29, 0.717) is 5.92 Å². The molecule has 0 N–H and O–H groups in total. The third-order valence-electron chi connectivity index (χ3n) is 4.45. The SMILES string of the molecule is ClC1(C2[C@@H]3[C@H]4CC[C@H](C4)[C@H]23)N=N1. The zero-order valence-corrected chi connectivity index (χ0v) is 7.54. The Labute approximate surface area is 76.4 Å². The largest absolute Gasteiger partial charge is 0.266 e. The number of rotatable bonds is 1. The van der Waals surface area contributed by atoms with Gasteiger partial charge in [-0.25, -0.2) is 0 Å². The quantitative estimate of drug-likeness (QED) is 0.440. The Morgan fingerprint density at radius 3 is 2.17 bits per heavy atom. The van der Waals surface area contributed by atoms with Crippen molar-refractivity contribution in [2.24, 2.45) is 39.8 Å². The maximum Gasteiger partial charge on any atom is 0.266 e. The molecule has 1 unspecified atom stereocenters. The van der Waals surface area contributed by atoms with Crippen LogP contribution in [0.2, 0.25) is 0 Å².